The van der Waals surface area contributed by atoms with Crippen LogP contribution in [0.4, 0.5) is 5.82 Å². The first-order chi connectivity index (χ1) is 9.99. The van der Waals surface area contributed by atoms with Gasteiger partial charge in [-0.1, -0.05) is 40.5 Å². The highest BCUT2D eigenvalue weighted by molar-refractivity contribution is 5.95. The van der Waals surface area contributed by atoms with E-state index in [0.717, 1.165) is 44.5 Å². The topological polar surface area (TPSA) is 59.2 Å². The van der Waals surface area contributed by atoms with Crippen molar-refractivity contribution in [1.82, 2.24) is 9.88 Å². The third-order valence-corrected chi connectivity index (χ3v) is 3.55. The second kappa shape index (κ2) is 8.65. The fraction of sp³-hybridized carbons (Fsp3) is 0.647. The average molecular weight is 291 g/mol. The first-order valence-electron chi connectivity index (χ1n) is 8.06. The van der Waals surface area contributed by atoms with E-state index in [1.807, 2.05) is 11.0 Å². The van der Waals surface area contributed by atoms with E-state index in [-0.39, 0.29) is 11.8 Å². The summed E-state index contributed by atoms with van der Waals surface area (Å²) in [6.45, 7) is 10.0. The van der Waals surface area contributed by atoms with E-state index in [1.165, 1.54) is 0 Å². The van der Waals surface area contributed by atoms with Crippen molar-refractivity contribution in [3.8, 4) is 0 Å². The number of anilines is 1. The second-order valence-electron chi connectivity index (χ2n) is 5.86. The highest BCUT2D eigenvalue weighted by Gasteiger charge is 2.17. The standard InChI is InChI=1S/C17H29N3O/c1-5-7-9-20(10-8-6-2)17(21)14-11-15(13(3)4)19-16(18)12-14/h11-13H,5-10H2,1-4H3,(H2,18,19). The molecule has 0 saturated heterocycles. The van der Waals surface area contributed by atoms with Crippen LogP contribution in [-0.2, 0) is 0 Å². The van der Waals surface area contributed by atoms with E-state index in [1.54, 1.807) is 6.07 Å². The molecule has 118 valence electrons. The average Bonchev–Trinajstić information content (AvgIpc) is 2.46. The van der Waals surface area contributed by atoms with Gasteiger partial charge in [-0.25, -0.2) is 4.98 Å². The van der Waals surface area contributed by atoms with Gasteiger partial charge in [-0.15, -0.1) is 0 Å². The van der Waals surface area contributed by atoms with Gasteiger partial charge in [0.1, 0.15) is 5.82 Å². The quantitative estimate of drug-likeness (QED) is 0.792. The lowest BCUT2D eigenvalue weighted by atomic mass is 10.1. The van der Waals surface area contributed by atoms with Gasteiger partial charge in [0.05, 0.1) is 0 Å². The Balaban J connectivity index is 2.95. The minimum Gasteiger partial charge on any atom is -0.384 e. The minimum atomic E-state index is 0.0768. The Morgan fingerprint density at radius 3 is 2.24 bits per heavy atom. The van der Waals surface area contributed by atoms with Crippen LogP contribution in [0.15, 0.2) is 12.1 Å². The Kier molecular flexibility index (Phi) is 7.20. The van der Waals surface area contributed by atoms with Gasteiger partial charge >= 0.3 is 0 Å². The van der Waals surface area contributed by atoms with Crippen molar-refractivity contribution < 1.29 is 4.79 Å². The molecule has 0 unspecified atom stereocenters. The Morgan fingerprint density at radius 1 is 1.19 bits per heavy atom. The van der Waals surface area contributed by atoms with Crippen LogP contribution >= 0.6 is 0 Å². The molecule has 0 fully saturated rings. The van der Waals surface area contributed by atoms with Crippen LogP contribution in [0, 0.1) is 0 Å². The summed E-state index contributed by atoms with van der Waals surface area (Å²) in [5.74, 6) is 0.767. The predicted molar refractivity (Wildman–Crippen MR) is 88.5 cm³/mol. The van der Waals surface area contributed by atoms with Gasteiger partial charge in [0, 0.05) is 24.3 Å². The number of unbranched alkanes of at least 4 members (excludes halogenated alkanes) is 2. The normalized spacial score (nSPS) is 10.9. The summed E-state index contributed by atoms with van der Waals surface area (Å²) in [5, 5.41) is 0. The van der Waals surface area contributed by atoms with Gasteiger partial charge in [0.25, 0.3) is 5.91 Å². The number of rotatable bonds is 8. The lowest BCUT2D eigenvalue weighted by Gasteiger charge is -2.23. The second-order valence-corrected chi connectivity index (χ2v) is 5.86. The lowest BCUT2D eigenvalue weighted by molar-refractivity contribution is 0.0751. The number of carbonyl (C=O) groups is 1. The summed E-state index contributed by atoms with van der Waals surface area (Å²) >= 11 is 0. The molecule has 0 atom stereocenters. The lowest BCUT2D eigenvalue weighted by Crippen LogP contribution is -2.33. The maximum Gasteiger partial charge on any atom is 0.254 e. The van der Waals surface area contributed by atoms with Crippen molar-refractivity contribution in [3.63, 3.8) is 0 Å². The number of amides is 1. The van der Waals surface area contributed by atoms with Crippen molar-refractivity contribution in [3.05, 3.63) is 23.4 Å². The number of hydrogen-bond donors (Lipinski definition) is 1. The van der Waals surface area contributed by atoms with Crippen LogP contribution < -0.4 is 5.73 Å². The van der Waals surface area contributed by atoms with Crippen LogP contribution in [0.2, 0.25) is 0 Å². The van der Waals surface area contributed by atoms with Gasteiger partial charge in [0.15, 0.2) is 0 Å². The molecule has 0 aliphatic carbocycles. The molecule has 0 saturated carbocycles. The number of nitrogen functional groups attached to an aromatic ring is 1. The summed E-state index contributed by atoms with van der Waals surface area (Å²) in [6.07, 6.45) is 4.25. The molecule has 4 heteroatoms. The van der Waals surface area contributed by atoms with Crippen LogP contribution in [0.3, 0.4) is 0 Å². The molecule has 0 aliphatic rings. The molecule has 0 spiro atoms. The van der Waals surface area contributed by atoms with E-state index < -0.39 is 0 Å². The van der Waals surface area contributed by atoms with Gasteiger partial charge < -0.3 is 10.6 Å². The number of pyridine rings is 1. The smallest absolute Gasteiger partial charge is 0.254 e. The first kappa shape index (κ1) is 17.5. The fourth-order valence-corrected chi connectivity index (χ4v) is 2.19. The summed E-state index contributed by atoms with van der Waals surface area (Å²) in [6, 6.07) is 3.58. The molecule has 4 nitrogen and oxygen atoms in total. The van der Waals surface area contributed by atoms with Crippen molar-refractivity contribution >= 4 is 11.7 Å². The van der Waals surface area contributed by atoms with Crippen LogP contribution in [0.25, 0.3) is 0 Å². The van der Waals surface area contributed by atoms with Crippen LogP contribution in [0.5, 0.6) is 0 Å². The summed E-state index contributed by atoms with van der Waals surface area (Å²) < 4.78 is 0. The van der Waals surface area contributed by atoms with Crippen molar-refractivity contribution in [2.75, 3.05) is 18.8 Å². The van der Waals surface area contributed by atoms with Gasteiger partial charge in [-0.2, -0.15) is 0 Å². The molecule has 1 rings (SSSR count). The molecule has 0 aromatic carbocycles. The fourth-order valence-electron chi connectivity index (χ4n) is 2.19. The van der Waals surface area contributed by atoms with Gasteiger partial charge in [-0.05, 0) is 30.9 Å². The molecule has 21 heavy (non-hydrogen) atoms. The zero-order chi connectivity index (χ0) is 15.8. The molecule has 1 aromatic heterocycles. The molecular weight excluding hydrogens is 262 g/mol. The Labute approximate surface area is 128 Å². The van der Waals surface area contributed by atoms with Crippen LogP contribution in [-0.4, -0.2) is 28.9 Å². The number of carbonyl (C=O) groups excluding carboxylic acids is 1. The molecule has 0 radical (unpaired) electrons. The third-order valence-electron chi connectivity index (χ3n) is 3.55. The Hall–Kier alpha value is -1.58. The van der Waals surface area contributed by atoms with Gasteiger partial charge in [-0.3, -0.25) is 4.79 Å². The molecule has 1 aromatic rings. The van der Waals surface area contributed by atoms with E-state index in [9.17, 15) is 4.79 Å². The number of nitrogens with two attached hydrogens (primary N) is 1. The number of aromatic nitrogens is 1. The van der Waals surface area contributed by atoms with E-state index in [4.69, 9.17) is 5.73 Å². The third kappa shape index (κ3) is 5.37. The number of nitrogens with zero attached hydrogens (tertiary/aromatic N) is 2. The van der Waals surface area contributed by atoms with E-state index in [2.05, 4.69) is 32.7 Å². The highest BCUT2D eigenvalue weighted by atomic mass is 16.2. The largest absolute Gasteiger partial charge is 0.384 e. The minimum absolute atomic E-state index is 0.0768. The van der Waals surface area contributed by atoms with Crippen molar-refractivity contribution in [2.45, 2.75) is 59.3 Å². The van der Waals surface area contributed by atoms with Crippen molar-refractivity contribution in [1.29, 1.82) is 0 Å². The predicted octanol–water partition coefficient (Wildman–Crippen LogP) is 3.83. The zero-order valence-corrected chi connectivity index (χ0v) is 13.9. The molecule has 1 amide bonds. The molecule has 1 heterocycles. The Bertz CT molecular complexity index is 449. The molecule has 0 bridgehead atoms. The van der Waals surface area contributed by atoms with Gasteiger partial charge in [0.2, 0.25) is 0 Å². The number of hydrogen-bond acceptors (Lipinski definition) is 3. The van der Waals surface area contributed by atoms with Crippen molar-refractivity contribution in [2.24, 2.45) is 0 Å². The molecule has 0 aliphatic heterocycles. The SMILES string of the molecule is CCCCN(CCCC)C(=O)c1cc(N)nc(C(C)C)c1. The summed E-state index contributed by atoms with van der Waals surface area (Å²) in [7, 11) is 0. The maximum atomic E-state index is 12.7. The monoisotopic (exact) mass is 291 g/mol. The van der Waals surface area contributed by atoms with Crippen LogP contribution in [0.1, 0.15) is 75.3 Å². The highest BCUT2D eigenvalue weighted by Crippen LogP contribution is 2.18. The maximum absolute atomic E-state index is 12.7. The first-order valence-corrected chi connectivity index (χ1v) is 8.06. The summed E-state index contributed by atoms with van der Waals surface area (Å²) in [4.78, 5) is 19.0. The molecular formula is C17H29N3O. The molecule has 2 N–H and O–H groups in total. The summed E-state index contributed by atoms with van der Waals surface area (Å²) in [5.41, 5.74) is 7.40. The van der Waals surface area contributed by atoms with E-state index in [0.29, 0.717) is 11.4 Å². The Morgan fingerprint density at radius 2 is 1.76 bits per heavy atom. The zero-order valence-electron chi connectivity index (χ0n) is 13.9. The van der Waals surface area contributed by atoms with E-state index >= 15 is 0 Å².